The van der Waals surface area contributed by atoms with Crippen molar-refractivity contribution in [2.45, 2.75) is 65.2 Å². The van der Waals surface area contributed by atoms with Crippen LogP contribution in [-0.4, -0.2) is 15.9 Å². The molecule has 1 aromatic carbocycles. The van der Waals surface area contributed by atoms with E-state index >= 15 is 0 Å². The van der Waals surface area contributed by atoms with Crippen LogP contribution in [0.5, 0.6) is 5.75 Å². The van der Waals surface area contributed by atoms with Crippen LogP contribution in [0.2, 0.25) is 5.02 Å². The average Bonchev–Trinajstić information content (AvgIpc) is 2.90. The first-order chi connectivity index (χ1) is 11.4. The molecule has 3 nitrogen and oxygen atoms in total. The molecule has 136 valence electrons. The van der Waals surface area contributed by atoms with Gasteiger partial charge in [-0.25, -0.2) is 0 Å². The Bertz CT molecular complexity index is 741. The number of aromatic nitrogens is 1. The van der Waals surface area contributed by atoms with Crippen molar-refractivity contribution in [3.63, 3.8) is 0 Å². The lowest BCUT2D eigenvalue weighted by Gasteiger charge is -2.28. The fraction of sp³-hybridized carbons (Fsp3) is 0.476. The second-order valence-electron chi connectivity index (χ2n) is 8.69. The SMILES string of the molecule is CC(C)(C)c1cc(CCC(=O)c2cc(Cl)c[nH]2)cc(C(C)(C)C)c1O. The number of hydrogen-bond acceptors (Lipinski definition) is 2. The van der Waals surface area contributed by atoms with Crippen LogP contribution >= 0.6 is 11.6 Å². The van der Waals surface area contributed by atoms with E-state index in [2.05, 4.69) is 46.5 Å². The Kier molecular flexibility index (Phi) is 5.38. The van der Waals surface area contributed by atoms with Gasteiger partial charge in [0.2, 0.25) is 0 Å². The number of phenolic OH excluding ortho intramolecular Hbond substituents is 1. The molecule has 0 radical (unpaired) electrons. The van der Waals surface area contributed by atoms with E-state index in [1.54, 1.807) is 12.3 Å². The molecule has 0 saturated carbocycles. The maximum absolute atomic E-state index is 12.3. The predicted octanol–water partition coefficient (Wildman–Crippen LogP) is 5.78. The van der Waals surface area contributed by atoms with Crippen LogP contribution in [0.1, 0.15) is 75.1 Å². The molecule has 0 amide bonds. The maximum Gasteiger partial charge on any atom is 0.179 e. The topological polar surface area (TPSA) is 53.1 Å². The van der Waals surface area contributed by atoms with Crippen LogP contribution in [0.15, 0.2) is 24.4 Å². The van der Waals surface area contributed by atoms with Crippen LogP contribution in [0.4, 0.5) is 0 Å². The lowest BCUT2D eigenvalue weighted by atomic mass is 9.78. The Labute approximate surface area is 155 Å². The second kappa shape index (κ2) is 6.87. The van der Waals surface area contributed by atoms with Crippen molar-refractivity contribution in [3.8, 4) is 5.75 Å². The zero-order valence-corrected chi connectivity index (χ0v) is 16.7. The predicted molar refractivity (Wildman–Crippen MR) is 104 cm³/mol. The molecule has 2 N–H and O–H groups in total. The first-order valence-corrected chi connectivity index (χ1v) is 9.01. The number of Topliss-reactive ketones (excluding diaryl/α,β-unsaturated/α-hetero) is 1. The van der Waals surface area contributed by atoms with E-state index in [4.69, 9.17) is 11.6 Å². The molecular weight excluding hydrogens is 334 g/mol. The quantitative estimate of drug-likeness (QED) is 0.677. The lowest BCUT2D eigenvalue weighted by molar-refractivity contribution is 0.0978. The molecule has 1 aromatic heterocycles. The summed E-state index contributed by atoms with van der Waals surface area (Å²) in [7, 11) is 0. The highest BCUT2D eigenvalue weighted by Crippen LogP contribution is 2.40. The van der Waals surface area contributed by atoms with Gasteiger partial charge in [-0.2, -0.15) is 0 Å². The summed E-state index contributed by atoms with van der Waals surface area (Å²) in [5.74, 6) is 0.404. The number of aryl methyl sites for hydroxylation is 1. The molecule has 0 bridgehead atoms. The summed E-state index contributed by atoms with van der Waals surface area (Å²) >= 11 is 5.87. The number of rotatable bonds is 4. The smallest absolute Gasteiger partial charge is 0.179 e. The number of H-pyrrole nitrogens is 1. The van der Waals surface area contributed by atoms with E-state index in [-0.39, 0.29) is 16.6 Å². The van der Waals surface area contributed by atoms with Gasteiger partial charge in [-0.05, 0) is 40.0 Å². The number of carbonyl (C=O) groups is 1. The van der Waals surface area contributed by atoms with Gasteiger partial charge in [-0.15, -0.1) is 0 Å². The molecule has 1 heterocycles. The summed E-state index contributed by atoms with van der Waals surface area (Å²) in [6.45, 7) is 12.5. The zero-order valence-electron chi connectivity index (χ0n) is 16.0. The van der Waals surface area contributed by atoms with Crippen LogP contribution in [-0.2, 0) is 17.3 Å². The molecule has 0 saturated heterocycles. The number of phenols is 1. The minimum atomic E-state index is -0.170. The normalized spacial score (nSPS) is 12.4. The number of ketones is 1. The van der Waals surface area contributed by atoms with E-state index in [1.165, 1.54) is 0 Å². The Morgan fingerprint density at radius 3 is 1.96 bits per heavy atom. The number of nitrogens with one attached hydrogen (secondary N) is 1. The molecule has 0 aliphatic heterocycles. The number of halogens is 1. The van der Waals surface area contributed by atoms with E-state index < -0.39 is 0 Å². The fourth-order valence-electron chi connectivity index (χ4n) is 2.90. The number of benzene rings is 1. The lowest BCUT2D eigenvalue weighted by Crippen LogP contribution is -2.18. The van der Waals surface area contributed by atoms with E-state index in [0.717, 1.165) is 16.7 Å². The molecule has 0 unspecified atom stereocenters. The molecule has 0 aliphatic carbocycles. The van der Waals surface area contributed by atoms with Crippen molar-refractivity contribution in [1.82, 2.24) is 4.98 Å². The summed E-state index contributed by atoms with van der Waals surface area (Å²) in [6, 6.07) is 5.71. The van der Waals surface area contributed by atoms with Crippen LogP contribution < -0.4 is 0 Å². The summed E-state index contributed by atoms with van der Waals surface area (Å²) in [4.78, 5) is 15.2. The third-order valence-corrected chi connectivity index (χ3v) is 4.59. The summed E-state index contributed by atoms with van der Waals surface area (Å²) in [5, 5.41) is 11.3. The highest BCUT2D eigenvalue weighted by Gasteiger charge is 2.26. The van der Waals surface area contributed by atoms with Gasteiger partial charge >= 0.3 is 0 Å². The standard InChI is InChI=1S/C21H28ClNO2/c1-20(2,3)15-9-13(10-16(19(15)25)21(4,5)6)7-8-18(24)17-11-14(22)12-23-17/h9-12,23,25H,7-8H2,1-6H3. The Hall–Kier alpha value is -1.74. The van der Waals surface area contributed by atoms with Crippen molar-refractivity contribution in [1.29, 1.82) is 0 Å². The molecule has 2 rings (SSSR count). The largest absolute Gasteiger partial charge is 0.507 e. The summed E-state index contributed by atoms with van der Waals surface area (Å²) < 4.78 is 0. The Morgan fingerprint density at radius 2 is 1.56 bits per heavy atom. The number of hydrogen-bond donors (Lipinski definition) is 2. The minimum absolute atomic E-state index is 0.0367. The Morgan fingerprint density at radius 1 is 1.04 bits per heavy atom. The highest BCUT2D eigenvalue weighted by atomic mass is 35.5. The van der Waals surface area contributed by atoms with Crippen molar-refractivity contribution < 1.29 is 9.90 Å². The van der Waals surface area contributed by atoms with Crippen LogP contribution in [0, 0.1) is 0 Å². The molecule has 4 heteroatoms. The van der Waals surface area contributed by atoms with Crippen molar-refractivity contribution >= 4 is 17.4 Å². The van der Waals surface area contributed by atoms with Gasteiger partial charge in [0.1, 0.15) is 5.75 Å². The first kappa shape index (κ1) is 19.6. The van der Waals surface area contributed by atoms with E-state index in [0.29, 0.717) is 29.3 Å². The second-order valence-corrected chi connectivity index (χ2v) is 9.13. The van der Waals surface area contributed by atoms with Crippen molar-refractivity contribution in [2.24, 2.45) is 0 Å². The van der Waals surface area contributed by atoms with Crippen molar-refractivity contribution in [2.75, 3.05) is 0 Å². The highest BCUT2D eigenvalue weighted by molar-refractivity contribution is 6.31. The molecule has 25 heavy (non-hydrogen) atoms. The van der Waals surface area contributed by atoms with Gasteiger partial charge in [-0.1, -0.05) is 65.3 Å². The monoisotopic (exact) mass is 361 g/mol. The first-order valence-electron chi connectivity index (χ1n) is 8.63. The molecule has 0 spiro atoms. The van der Waals surface area contributed by atoms with Gasteiger partial charge in [-0.3, -0.25) is 4.79 Å². The summed E-state index contributed by atoms with van der Waals surface area (Å²) in [6.07, 6.45) is 2.64. The number of aromatic amines is 1. The van der Waals surface area contributed by atoms with Gasteiger partial charge in [0.15, 0.2) is 5.78 Å². The molecule has 0 aliphatic rings. The summed E-state index contributed by atoms with van der Waals surface area (Å²) in [5.41, 5.74) is 3.11. The molecule has 0 fully saturated rings. The Balaban J connectivity index is 2.33. The van der Waals surface area contributed by atoms with Gasteiger partial charge in [0, 0.05) is 12.6 Å². The van der Waals surface area contributed by atoms with Crippen molar-refractivity contribution in [3.05, 3.63) is 51.8 Å². The van der Waals surface area contributed by atoms with Gasteiger partial charge in [0.05, 0.1) is 10.7 Å². The molecular formula is C21H28ClNO2. The number of carbonyl (C=O) groups excluding carboxylic acids is 1. The van der Waals surface area contributed by atoms with Gasteiger partial charge < -0.3 is 10.1 Å². The van der Waals surface area contributed by atoms with Crippen LogP contribution in [0.25, 0.3) is 0 Å². The van der Waals surface area contributed by atoms with Crippen LogP contribution in [0.3, 0.4) is 0 Å². The fourth-order valence-corrected chi connectivity index (χ4v) is 3.07. The number of aromatic hydroxyl groups is 1. The zero-order chi connectivity index (χ0) is 19.0. The third kappa shape index (κ3) is 4.66. The maximum atomic E-state index is 12.3. The minimum Gasteiger partial charge on any atom is -0.507 e. The molecule has 2 aromatic rings. The molecule has 0 atom stereocenters. The van der Waals surface area contributed by atoms with E-state index in [1.807, 2.05) is 12.1 Å². The van der Waals surface area contributed by atoms with Gasteiger partial charge in [0.25, 0.3) is 0 Å². The average molecular weight is 362 g/mol. The van der Waals surface area contributed by atoms with E-state index in [9.17, 15) is 9.90 Å². The third-order valence-electron chi connectivity index (χ3n) is 4.37.